The van der Waals surface area contributed by atoms with Gasteiger partial charge in [0.15, 0.2) is 0 Å². The Hall–Kier alpha value is -0.400. The summed E-state index contributed by atoms with van der Waals surface area (Å²) in [6, 6.07) is 5.84. The minimum Gasteiger partial charge on any atom is -0.380 e. The fraction of sp³-hybridized carbons (Fsp3) is 0.182. The smallest absolute Gasteiger partial charge is 0.142 e. The van der Waals surface area contributed by atoms with Crippen LogP contribution in [0.1, 0.15) is 17.5 Å². The fourth-order valence-electron chi connectivity index (χ4n) is 1.50. The van der Waals surface area contributed by atoms with E-state index in [0.717, 1.165) is 13.6 Å². The first-order chi connectivity index (χ1) is 7.59. The van der Waals surface area contributed by atoms with Gasteiger partial charge in [0.25, 0.3) is 0 Å². The molecule has 0 aliphatic heterocycles. The summed E-state index contributed by atoms with van der Waals surface area (Å²) in [4.78, 5) is 4.16. The monoisotopic (exact) mass is 392 g/mol. The predicted octanol–water partition coefficient (Wildman–Crippen LogP) is 2.87. The first-order valence-corrected chi connectivity index (χ1v) is 6.57. The normalized spacial score (nSPS) is 12.8. The summed E-state index contributed by atoms with van der Waals surface area (Å²) in [5.41, 5.74) is 0.865. The molecule has 16 heavy (non-hydrogen) atoms. The van der Waals surface area contributed by atoms with Crippen molar-refractivity contribution in [1.29, 1.82) is 0 Å². The number of aryl methyl sites for hydroxylation is 1. The Bertz CT molecular complexity index is 512. The number of aliphatic hydroxyl groups is 1. The first kappa shape index (κ1) is 12.1. The molecule has 1 heterocycles. The van der Waals surface area contributed by atoms with Gasteiger partial charge >= 0.3 is 0 Å². The van der Waals surface area contributed by atoms with E-state index in [9.17, 15) is 5.11 Å². The molecule has 2 aromatic rings. The molecule has 1 aromatic carbocycles. The van der Waals surface area contributed by atoms with Crippen LogP contribution < -0.4 is 0 Å². The lowest BCUT2D eigenvalue weighted by atomic mass is 10.1. The number of nitrogens with zero attached hydrogens (tertiary/aromatic N) is 2. The zero-order chi connectivity index (χ0) is 11.7. The number of hydrogen-bond acceptors (Lipinski definition) is 2. The average Bonchev–Trinajstić information content (AvgIpc) is 2.67. The SMILES string of the molecule is Cn1ccnc1C(O)c1cc(Br)ccc1I. The van der Waals surface area contributed by atoms with E-state index in [4.69, 9.17) is 0 Å². The molecule has 0 saturated carbocycles. The lowest BCUT2D eigenvalue weighted by Gasteiger charge is -2.13. The Kier molecular flexibility index (Phi) is 3.66. The van der Waals surface area contributed by atoms with Gasteiger partial charge < -0.3 is 9.67 Å². The molecule has 1 aromatic heterocycles. The van der Waals surface area contributed by atoms with E-state index >= 15 is 0 Å². The molecule has 0 fully saturated rings. The van der Waals surface area contributed by atoms with Gasteiger partial charge in [0, 0.05) is 33.0 Å². The third kappa shape index (κ3) is 2.31. The van der Waals surface area contributed by atoms with Crippen LogP contribution in [0.15, 0.2) is 35.1 Å². The Labute approximate surface area is 116 Å². The van der Waals surface area contributed by atoms with Crippen molar-refractivity contribution in [3.05, 3.63) is 50.0 Å². The largest absolute Gasteiger partial charge is 0.380 e. The van der Waals surface area contributed by atoms with Crippen LogP contribution >= 0.6 is 38.5 Å². The number of aliphatic hydroxyl groups excluding tert-OH is 1. The van der Waals surface area contributed by atoms with Crippen molar-refractivity contribution in [3.63, 3.8) is 0 Å². The molecule has 0 amide bonds. The standard InChI is InChI=1S/C11H10BrIN2O/c1-15-5-4-14-11(15)10(16)8-6-7(12)2-3-9(8)13/h2-6,10,16H,1H3. The highest BCUT2D eigenvalue weighted by molar-refractivity contribution is 14.1. The van der Waals surface area contributed by atoms with Gasteiger partial charge in [-0.25, -0.2) is 4.98 Å². The summed E-state index contributed by atoms with van der Waals surface area (Å²) in [5, 5.41) is 10.3. The third-order valence-corrected chi connectivity index (χ3v) is 3.83. The molecule has 0 aliphatic carbocycles. The maximum Gasteiger partial charge on any atom is 0.142 e. The Morgan fingerprint density at radius 3 is 2.88 bits per heavy atom. The Morgan fingerprint density at radius 2 is 2.25 bits per heavy atom. The summed E-state index contributed by atoms with van der Waals surface area (Å²) in [6.45, 7) is 0. The zero-order valence-corrected chi connectivity index (χ0v) is 12.3. The summed E-state index contributed by atoms with van der Waals surface area (Å²) in [7, 11) is 1.87. The third-order valence-electron chi connectivity index (χ3n) is 2.36. The van der Waals surface area contributed by atoms with E-state index < -0.39 is 6.10 Å². The quantitative estimate of drug-likeness (QED) is 0.798. The number of rotatable bonds is 2. The highest BCUT2D eigenvalue weighted by Gasteiger charge is 2.17. The van der Waals surface area contributed by atoms with Gasteiger partial charge in [0.2, 0.25) is 0 Å². The molecular formula is C11H10BrIN2O. The van der Waals surface area contributed by atoms with E-state index in [1.54, 1.807) is 6.20 Å². The van der Waals surface area contributed by atoms with Crippen molar-refractivity contribution in [2.75, 3.05) is 0 Å². The molecule has 0 spiro atoms. The topological polar surface area (TPSA) is 38.0 Å². The summed E-state index contributed by atoms with van der Waals surface area (Å²) in [5.74, 6) is 0.649. The summed E-state index contributed by atoms with van der Waals surface area (Å²) in [6.07, 6.45) is 2.82. The molecule has 1 atom stereocenters. The van der Waals surface area contributed by atoms with Crippen LogP contribution in [0.2, 0.25) is 0 Å². The van der Waals surface area contributed by atoms with E-state index in [0.29, 0.717) is 5.82 Å². The van der Waals surface area contributed by atoms with Crippen LogP contribution in [-0.2, 0) is 7.05 Å². The number of hydrogen-bond donors (Lipinski definition) is 1. The van der Waals surface area contributed by atoms with Gasteiger partial charge in [-0.1, -0.05) is 15.9 Å². The van der Waals surface area contributed by atoms with Crippen LogP contribution in [0.3, 0.4) is 0 Å². The lowest BCUT2D eigenvalue weighted by Crippen LogP contribution is -2.08. The molecule has 3 nitrogen and oxygen atoms in total. The molecular weight excluding hydrogens is 383 g/mol. The van der Waals surface area contributed by atoms with Crippen LogP contribution in [0.4, 0.5) is 0 Å². The van der Waals surface area contributed by atoms with Crippen molar-refractivity contribution in [3.8, 4) is 0 Å². The van der Waals surface area contributed by atoms with Gasteiger partial charge in [-0.15, -0.1) is 0 Å². The molecule has 0 bridgehead atoms. The molecule has 1 N–H and O–H groups in total. The van der Waals surface area contributed by atoms with E-state index in [2.05, 4.69) is 43.5 Å². The summed E-state index contributed by atoms with van der Waals surface area (Å²) < 4.78 is 3.80. The molecule has 0 radical (unpaired) electrons. The fourth-order valence-corrected chi connectivity index (χ4v) is 2.51. The van der Waals surface area contributed by atoms with Crippen molar-refractivity contribution < 1.29 is 5.11 Å². The molecule has 2 rings (SSSR count). The van der Waals surface area contributed by atoms with Crippen molar-refractivity contribution in [1.82, 2.24) is 9.55 Å². The van der Waals surface area contributed by atoms with Crippen LogP contribution in [0.25, 0.3) is 0 Å². The number of benzene rings is 1. The van der Waals surface area contributed by atoms with E-state index in [-0.39, 0.29) is 0 Å². The zero-order valence-electron chi connectivity index (χ0n) is 8.56. The second-order valence-electron chi connectivity index (χ2n) is 3.46. The molecule has 0 aliphatic rings. The molecule has 0 saturated heterocycles. The van der Waals surface area contributed by atoms with E-state index in [1.165, 1.54) is 0 Å². The highest BCUT2D eigenvalue weighted by atomic mass is 127. The van der Waals surface area contributed by atoms with Gasteiger partial charge in [-0.2, -0.15) is 0 Å². The molecule has 5 heteroatoms. The second-order valence-corrected chi connectivity index (χ2v) is 5.54. The van der Waals surface area contributed by atoms with Crippen molar-refractivity contribution in [2.24, 2.45) is 7.05 Å². The van der Waals surface area contributed by atoms with Crippen LogP contribution in [-0.4, -0.2) is 14.7 Å². The summed E-state index contributed by atoms with van der Waals surface area (Å²) >= 11 is 5.62. The minimum absolute atomic E-state index is 0.649. The van der Waals surface area contributed by atoms with Gasteiger partial charge in [0.1, 0.15) is 11.9 Å². The van der Waals surface area contributed by atoms with Crippen LogP contribution in [0.5, 0.6) is 0 Å². The minimum atomic E-state index is -0.690. The number of aromatic nitrogens is 2. The van der Waals surface area contributed by atoms with E-state index in [1.807, 2.05) is 36.0 Å². The molecule has 84 valence electrons. The highest BCUT2D eigenvalue weighted by Crippen LogP contribution is 2.27. The first-order valence-electron chi connectivity index (χ1n) is 4.70. The van der Waals surface area contributed by atoms with Crippen molar-refractivity contribution >= 4 is 38.5 Å². The van der Waals surface area contributed by atoms with Crippen LogP contribution in [0, 0.1) is 3.57 Å². The number of halogens is 2. The Balaban J connectivity index is 2.45. The Morgan fingerprint density at radius 1 is 1.50 bits per heavy atom. The van der Waals surface area contributed by atoms with Gasteiger partial charge in [0.05, 0.1) is 0 Å². The predicted molar refractivity (Wildman–Crippen MR) is 74.1 cm³/mol. The lowest BCUT2D eigenvalue weighted by molar-refractivity contribution is 0.205. The maximum absolute atomic E-state index is 10.3. The van der Waals surface area contributed by atoms with Gasteiger partial charge in [-0.05, 0) is 40.8 Å². The average molecular weight is 393 g/mol. The van der Waals surface area contributed by atoms with Gasteiger partial charge in [-0.3, -0.25) is 0 Å². The maximum atomic E-state index is 10.3. The van der Waals surface area contributed by atoms with Crippen molar-refractivity contribution in [2.45, 2.75) is 6.10 Å². The number of imidazole rings is 1. The second kappa shape index (κ2) is 4.85. The molecule has 1 unspecified atom stereocenters.